The van der Waals surface area contributed by atoms with Gasteiger partial charge in [-0.25, -0.2) is 9.18 Å². The van der Waals surface area contributed by atoms with Gasteiger partial charge in [0.2, 0.25) is 0 Å². The molecule has 1 aromatic carbocycles. The molecule has 2 amide bonds. The minimum atomic E-state index is -4.88. The molecule has 2 saturated heterocycles. The van der Waals surface area contributed by atoms with Crippen LogP contribution in [0.2, 0.25) is 5.15 Å². The van der Waals surface area contributed by atoms with Crippen molar-refractivity contribution in [1.82, 2.24) is 34.7 Å². The van der Waals surface area contributed by atoms with Crippen LogP contribution in [-0.2, 0) is 12.7 Å². The van der Waals surface area contributed by atoms with E-state index in [1.54, 1.807) is 22.1 Å². The van der Waals surface area contributed by atoms with E-state index in [2.05, 4.69) is 32.6 Å². The van der Waals surface area contributed by atoms with Crippen LogP contribution in [0, 0.1) is 11.7 Å². The number of alkyl halides is 3. The van der Waals surface area contributed by atoms with Crippen LogP contribution in [0.5, 0.6) is 0 Å². The molecular formula is C20H19ClF4N8O. The van der Waals surface area contributed by atoms with Gasteiger partial charge in [0.05, 0.1) is 23.0 Å². The van der Waals surface area contributed by atoms with Crippen molar-refractivity contribution < 1.29 is 22.4 Å². The van der Waals surface area contributed by atoms with E-state index < -0.39 is 40.5 Å². The second-order valence-corrected chi connectivity index (χ2v) is 9.25. The molecule has 1 N–H and O–H groups in total. The molecule has 9 nitrogen and oxygen atoms in total. The Kier molecular flexibility index (Phi) is 5.26. The summed E-state index contributed by atoms with van der Waals surface area (Å²) >= 11 is 5.70. The number of carbonyl (C=O) groups excluding carboxylic acids is 1. The highest BCUT2D eigenvalue weighted by molar-refractivity contribution is 6.29. The highest BCUT2D eigenvalue weighted by atomic mass is 35.5. The maximum atomic E-state index is 14.7. The summed E-state index contributed by atoms with van der Waals surface area (Å²) in [7, 11) is 0. The third-order valence-electron chi connectivity index (χ3n) is 6.37. The number of rotatable bonds is 4. The number of nitrogens with one attached hydrogen (secondary N) is 1. The Morgan fingerprint density at radius 2 is 2.00 bits per heavy atom. The summed E-state index contributed by atoms with van der Waals surface area (Å²) in [5.41, 5.74) is -2.79. The lowest BCUT2D eigenvalue weighted by molar-refractivity contribution is -0.137. The van der Waals surface area contributed by atoms with E-state index in [9.17, 15) is 22.4 Å². The molecular weight excluding hydrogens is 480 g/mol. The van der Waals surface area contributed by atoms with Crippen LogP contribution in [0.4, 0.5) is 28.0 Å². The summed E-state index contributed by atoms with van der Waals surface area (Å²) in [6.07, 6.45) is 1.56. The van der Waals surface area contributed by atoms with Crippen molar-refractivity contribution in [3.8, 4) is 5.69 Å². The van der Waals surface area contributed by atoms with Crippen LogP contribution in [0.3, 0.4) is 0 Å². The van der Waals surface area contributed by atoms with Crippen molar-refractivity contribution in [3.05, 3.63) is 47.5 Å². The largest absolute Gasteiger partial charge is 0.418 e. The quantitative estimate of drug-likeness (QED) is 0.546. The fraction of sp³-hybridized carbons (Fsp3) is 0.450. The highest BCUT2D eigenvalue weighted by Crippen LogP contribution is 2.51. The van der Waals surface area contributed by atoms with Crippen molar-refractivity contribution in [3.63, 3.8) is 0 Å². The van der Waals surface area contributed by atoms with Gasteiger partial charge in [0, 0.05) is 12.6 Å². The van der Waals surface area contributed by atoms with Gasteiger partial charge in [0.1, 0.15) is 24.2 Å². The molecule has 3 atom stereocenters. The number of nitrogens with zero attached hydrogens (tertiary/aromatic N) is 7. The van der Waals surface area contributed by atoms with Crippen molar-refractivity contribution in [2.75, 3.05) is 5.32 Å². The van der Waals surface area contributed by atoms with E-state index in [0.717, 1.165) is 31.5 Å². The van der Waals surface area contributed by atoms with Crippen molar-refractivity contribution in [1.29, 1.82) is 0 Å². The molecule has 2 bridgehead atoms. The Morgan fingerprint density at radius 1 is 1.26 bits per heavy atom. The van der Waals surface area contributed by atoms with E-state index in [0.29, 0.717) is 23.3 Å². The summed E-state index contributed by atoms with van der Waals surface area (Å²) in [6.45, 7) is 2.57. The molecule has 1 saturated carbocycles. The Morgan fingerprint density at radius 3 is 2.65 bits per heavy atom. The molecule has 3 fully saturated rings. The smallest absolute Gasteiger partial charge is 0.318 e. The molecule has 2 aliphatic heterocycles. The normalized spacial score (nSPS) is 24.1. The minimum Gasteiger partial charge on any atom is -0.318 e. The number of hydrogen-bond donors (Lipinski definition) is 1. The Labute approximate surface area is 195 Å². The van der Waals surface area contributed by atoms with Gasteiger partial charge in [-0.15, -0.1) is 20.1 Å². The first-order valence-corrected chi connectivity index (χ1v) is 10.9. The van der Waals surface area contributed by atoms with E-state index in [-0.39, 0.29) is 11.2 Å². The van der Waals surface area contributed by atoms with Gasteiger partial charge in [-0.3, -0.25) is 0 Å². The maximum Gasteiger partial charge on any atom is 0.418 e. The lowest BCUT2D eigenvalue weighted by atomic mass is 9.64. The van der Waals surface area contributed by atoms with Crippen molar-refractivity contribution >= 4 is 23.3 Å². The predicted octanol–water partition coefficient (Wildman–Crippen LogP) is 4.15. The molecule has 2 aromatic heterocycles. The van der Waals surface area contributed by atoms with E-state index in [1.807, 2.05) is 0 Å². The predicted molar refractivity (Wildman–Crippen MR) is 112 cm³/mol. The van der Waals surface area contributed by atoms with Crippen molar-refractivity contribution in [2.45, 2.75) is 50.5 Å². The molecule has 1 aliphatic carbocycles. The van der Waals surface area contributed by atoms with E-state index in [4.69, 9.17) is 11.6 Å². The van der Waals surface area contributed by atoms with Gasteiger partial charge >= 0.3 is 12.2 Å². The van der Waals surface area contributed by atoms with Gasteiger partial charge in [-0.05, 0) is 37.3 Å². The number of urea groups is 1. The number of amides is 2. The monoisotopic (exact) mass is 498 g/mol. The number of carbonyl (C=O) groups is 1. The first-order chi connectivity index (χ1) is 16.1. The summed E-state index contributed by atoms with van der Waals surface area (Å²) < 4.78 is 57.2. The van der Waals surface area contributed by atoms with Crippen LogP contribution in [0.1, 0.15) is 31.7 Å². The number of fused-ring (bicyclic) bond motifs is 2. The lowest BCUT2D eigenvalue weighted by Crippen LogP contribution is -2.73. The van der Waals surface area contributed by atoms with Gasteiger partial charge in [0.25, 0.3) is 0 Å². The summed E-state index contributed by atoms with van der Waals surface area (Å²) in [5.74, 6) is -0.848. The molecule has 180 valence electrons. The summed E-state index contributed by atoms with van der Waals surface area (Å²) in [6, 6.07) is 0.529. The second-order valence-electron chi connectivity index (χ2n) is 8.87. The Hall–Kier alpha value is -3.22. The van der Waals surface area contributed by atoms with Crippen LogP contribution in [-0.4, -0.2) is 52.3 Å². The van der Waals surface area contributed by atoms with Gasteiger partial charge in [-0.1, -0.05) is 18.5 Å². The first kappa shape index (κ1) is 22.6. The number of benzene rings is 1. The third-order valence-corrected chi connectivity index (χ3v) is 6.54. The second kappa shape index (κ2) is 7.93. The lowest BCUT2D eigenvalue weighted by Gasteiger charge is -2.63. The average Bonchev–Trinajstić information content (AvgIpc) is 3.39. The number of hydrogen-bond acceptors (Lipinski definition) is 5. The van der Waals surface area contributed by atoms with Gasteiger partial charge < -0.3 is 14.8 Å². The standard InChI is InChI=1S/C20H19ClF4N8O/c1-11-2-12-6-19(5-11,8-31-9-26-27-10-31)32(12)18(34)29-15-4-16(33-28-7-17(21)30-33)13(3-14(15)22)20(23,24)25/h3-4,7,9-12H,2,5-6,8H2,1H3,(H,29,34). The highest BCUT2D eigenvalue weighted by Gasteiger charge is 2.58. The zero-order chi connectivity index (χ0) is 24.3. The Bertz CT molecular complexity index is 1230. The third kappa shape index (κ3) is 3.87. The molecule has 6 rings (SSSR count). The van der Waals surface area contributed by atoms with E-state index in [1.165, 1.54) is 0 Å². The van der Waals surface area contributed by atoms with Crippen molar-refractivity contribution in [2.24, 2.45) is 5.92 Å². The molecule has 0 spiro atoms. The van der Waals surface area contributed by atoms with Crippen LogP contribution < -0.4 is 5.32 Å². The number of halogens is 5. The molecule has 3 unspecified atom stereocenters. The summed E-state index contributed by atoms with van der Waals surface area (Å²) in [4.78, 5) is 15.6. The zero-order valence-corrected chi connectivity index (χ0v) is 18.6. The van der Waals surface area contributed by atoms with Crippen LogP contribution in [0.15, 0.2) is 31.0 Å². The minimum absolute atomic E-state index is 0.0520. The topological polar surface area (TPSA) is 93.8 Å². The zero-order valence-electron chi connectivity index (χ0n) is 17.8. The van der Waals surface area contributed by atoms with Crippen LogP contribution in [0.25, 0.3) is 5.69 Å². The molecule has 3 aliphatic rings. The molecule has 34 heavy (non-hydrogen) atoms. The number of aromatic nitrogens is 6. The molecule has 0 radical (unpaired) electrons. The number of anilines is 1. The summed E-state index contributed by atoms with van der Waals surface area (Å²) in [5, 5.41) is 17.3. The maximum absolute atomic E-state index is 14.7. The SMILES string of the molecule is CC1CC2CC(Cn3cnnc3)(C1)N2C(=O)Nc1cc(-n2ncc(Cl)n2)c(C(F)(F)F)cc1F. The Balaban J connectivity index is 1.46. The molecule has 14 heteroatoms. The fourth-order valence-electron chi connectivity index (χ4n) is 5.29. The first-order valence-electron chi connectivity index (χ1n) is 10.5. The van der Waals surface area contributed by atoms with Gasteiger partial charge in [-0.2, -0.15) is 18.3 Å². The van der Waals surface area contributed by atoms with Gasteiger partial charge in [0.15, 0.2) is 5.15 Å². The average molecular weight is 499 g/mol. The van der Waals surface area contributed by atoms with Crippen LogP contribution >= 0.6 is 11.6 Å². The van der Waals surface area contributed by atoms with E-state index >= 15 is 0 Å². The molecule has 4 heterocycles. The number of piperidine rings is 1. The molecule has 3 aromatic rings. The fourth-order valence-corrected chi connectivity index (χ4v) is 5.40.